The van der Waals surface area contributed by atoms with Gasteiger partial charge in [-0.15, -0.1) is 0 Å². The molecule has 0 aromatic carbocycles. The molecule has 0 radical (unpaired) electrons. The lowest BCUT2D eigenvalue weighted by Gasteiger charge is -2.27. The SMILES string of the molecule is CCNC(CC)CCCOC1CCCC(C)C1. The van der Waals surface area contributed by atoms with Crippen molar-refractivity contribution < 1.29 is 4.74 Å². The molecule has 0 bridgehead atoms. The van der Waals surface area contributed by atoms with Crippen molar-refractivity contribution in [3.63, 3.8) is 0 Å². The van der Waals surface area contributed by atoms with Crippen LogP contribution in [0.2, 0.25) is 0 Å². The molecule has 102 valence electrons. The molecule has 1 aliphatic rings. The van der Waals surface area contributed by atoms with Gasteiger partial charge in [0, 0.05) is 12.6 Å². The Labute approximate surface area is 108 Å². The first-order valence-corrected chi connectivity index (χ1v) is 7.61. The van der Waals surface area contributed by atoms with Crippen LogP contribution in [-0.4, -0.2) is 25.3 Å². The van der Waals surface area contributed by atoms with Crippen molar-refractivity contribution in [1.29, 1.82) is 0 Å². The van der Waals surface area contributed by atoms with Gasteiger partial charge < -0.3 is 10.1 Å². The summed E-state index contributed by atoms with van der Waals surface area (Å²) in [5.74, 6) is 0.874. The van der Waals surface area contributed by atoms with Gasteiger partial charge in [-0.25, -0.2) is 0 Å². The van der Waals surface area contributed by atoms with Crippen molar-refractivity contribution in [2.45, 2.75) is 77.9 Å². The zero-order chi connectivity index (χ0) is 12.5. The largest absolute Gasteiger partial charge is 0.378 e. The predicted molar refractivity (Wildman–Crippen MR) is 74.4 cm³/mol. The Morgan fingerprint density at radius 2 is 2.12 bits per heavy atom. The quantitative estimate of drug-likeness (QED) is 0.653. The molecule has 3 unspecified atom stereocenters. The van der Waals surface area contributed by atoms with Gasteiger partial charge in [-0.05, 0) is 44.6 Å². The summed E-state index contributed by atoms with van der Waals surface area (Å²) >= 11 is 0. The second-order valence-corrected chi connectivity index (χ2v) is 5.57. The van der Waals surface area contributed by atoms with E-state index in [4.69, 9.17) is 4.74 Å². The van der Waals surface area contributed by atoms with Crippen LogP contribution in [0.3, 0.4) is 0 Å². The third kappa shape index (κ3) is 6.42. The first kappa shape index (κ1) is 15.0. The molecule has 1 saturated carbocycles. The van der Waals surface area contributed by atoms with Crippen LogP contribution in [0.4, 0.5) is 0 Å². The molecule has 0 aromatic heterocycles. The van der Waals surface area contributed by atoms with Gasteiger partial charge >= 0.3 is 0 Å². The summed E-state index contributed by atoms with van der Waals surface area (Å²) in [4.78, 5) is 0. The van der Waals surface area contributed by atoms with Crippen LogP contribution in [0, 0.1) is 5.92 Å². The average molecular weight is 241 g/mol. The van der Waals surface area contributed by atoms with Crippen LogP contribution in [-0.2, 0) is 4.74 Å². The van der Waals surface area contributed by atoms with Crippen LogP contribution in [0.15, 0.2) is 0 Å². The van der Waals surface area contributed by atoms with Gasteiger partial charge in [-0.3, -0.25) is 0 Å². The van der Waals surface area contributed by atoms with E-state index in [-0.39, 0.29) is 0 Å². The van der Waals surface area contributed by atoms with Gasteiger partial charge in [0.2, 0.25) is 0 Å². The number of hydrogen-bond donors (Lipinski definition) is 1. The predicted octanol–water partition coefficient (Wildman–Crippen LogP) is 3.75. The zero-order valence-corrected chi connectivity index (χ0v) is 12.0. The molecule has 1 fully saturated rings. The summed E-state index contributed by atoms with van der Waals surface area (Å²) in [7, 11) is 0. The van der Waals surface area contributed by atoms with Gasteiger partial charge in [0.15, 0.2) is 0 Å². The Kier molecular flexibility index (Phi) is 7.87. The van der Waals surface area contributed by atoms with Crippen molar-refractivity contribution >= 4 is 0 Å². The maximum atomic E-state index is 6.00. The van der Waals surface area contributed by atoms with E-state index in [1.165, 1.54) is 44.9 Å². The van der Waals surface area contributed by atoms with Gasteiger partial charge in [0.25, 0.3) is 0 Å². The first-order chi connectivity index (χ1) is 8.26. The maximum Gasteiger partial charge on any atom is 0.0577 e. The fourth-order valence-electron chi connectivity index (χ4n) is 2.85. The Morgan fingerprint density at radius 1 is 1.29 bits per heavy atom. The molecule has 1 N–H and O–H groups in total. The minimum Gasteiger partial charge on any atom is -0.378 e. The summed E-state index contributed by atoms with van der Waals surface area (Å²) in [6.45, 7) is 8.84. The summed E-state index contributed by atoms with van der Waals surface area (Å²) in [5.41, 5.74) is 0. The van der Waals surface area contributed by atoms with E-state index in [1.54, 1.807) is 0 Å². The molecule has 0 spiro atoms. The second kappa shape index (κ2) is 8.93. The molecule has 0 saturated heterocycles. The van der Waals surface area contributed by atoms with Crippen LogP contribution < -0.4 is 5.32 Å². The molecule has 17 heavy (non-hydrogen) atoms. The summed E-state index contributed by atoms with van der Waals surface area (Å²) in [5, 5.41) is 3.52. The third-order valence-electron chi connectivity index (χ3n) is 3.92. The van der Waals surface area contributed by atoms with E-state index >= 15 is 0 Å². The maximum absolute atomic E-state index is 6.00. The molecule has 1 aliphatic carbocycles. The standard InChI is InChI=1S/C15H31NO/c1-4-14(16-5-2)9-7-11-17-15-10-6-8-13(3)12-15/h13-16H,4-12H2,1-3H3. The van der Waals surface area contributed by atoms with Crippen molar-refractivity contribution in [3.8, 4) is 0 Å². The van der Waals surface area contributed by atoms with Crippen molar-refractivity contribution in [1.82, 2.24) is 5.32 Å². The lowest BCUT2D eigenvalue weighted by molar-refractivity contribution is 0.0130. The van der Waals surface area contributed by atoms with E-state index in [0.29, 0.717) is 12.1 Å². The van der Waals surface area contributed by atoms with Gasteiger partial charge in [0.1, 0.15) is 0 Å². The van der Waals surface area contributed by atoms with Crippen molar-refractivity contribution in [2.75, 3.05) is 13.2 Å². The number of rotatable bonds is 8. The van der Waals surface area contributed by atoms with Crippen LogP contribution in [0.25, 0.3) is 0 Å². The van der Waals surface area contributed by atoms with Crippen molar-refractivity contribution in [2.24, 2.45) is 5.92 Å². The van der Waals surface area contributed by atoms with E-state index in [9.17, 15) is 0 Å². The van der Waals surface area contributed by atoms with Crippen LogP contribution in [0.1, 0.15) is 65.7 Å². The average Bonchev–Trinajstić information content (AvgIpc) is 2.33. The minimum atomic E-state index is 0.554. The molecule has 2 heteroatoms. The molecular formula is C15H31NO. The fraction of sp³-hybridized carbons (Fsp3) is 1.00. The van der Waals surface area contributed by atoms with Crippen LogP contribution >= 0.6 is 0 Å². The topological polar surface area (TPSA) is 21.3 Å². The van der Waals surface area contributed by atoms with E-state index in [0.717, 1.165) is 19.1 Å². The Morgan fingerprint density at radius 3 is 2.76 bits per heavy atom. The highest BCUT2D eigenvalue weighted by molar-refractivity contribution is 4.70. The Hall–Kier alpha value is -0.0800. The lowest BCUT2D eigenvalue weighted by atomic mass is 9.89. The highest BCUT2D eigenvalue weighted by atomic mass is 16.5. The zero-order valence-electron chi connectivity index (χ0n) is 12.0. The first-order valence-electron chi connectivity index (χ1n) is 7.61. The van der Waals surface area contributed by atoms with Gasteiger partial charge in [-0.2, -0.15) is 0 Å². The molecule has 0 amide bonds. The van der Waals surface area contributed by atoms with Crippen molar-refractivity contribution in [3.05, 3.63) is 0 Å². The number of nitrogens with one attached hydrogen (secondary N) is 1. The van der Waals surface area contributed by atoms with E-state index in [1.807, 2.05) is 0 Å². The summed E-state index contributed by atoms with van der Waals surface area (Å²) in [6.07, 6.45) is 9.58. The summed E-state index contributed by atoms with van der Waals surface area (Å²) < 4.78 is 6.00. The molecule has 0 heterocycles. The van der Waals surface area contributed by atoms with Gasteiger partial charge in [0.05, 0.1) is 6.10 Å². The Bertz CT molecular complexity index is 184. The molecule has 2 nitrogen and oxygen atoms in total. The monoisotopic (exact) mass is 241 g/mol. The van der Waals surface area contributed by atoms with E-state index in [2.05, 4.69) is 26.1 Å². The third-order valence-corrected chi connectivity index (χ3v) is 3.92. The van der Waals surface area contributed by atoms with E-state index < -0.39 is 0 Å². The molecule has 1 rings (SSSR count). The second-order valence-electron chi connectivity index (χ2n) is 5.57. The fourth-order valence-corrected chi connectivity index (χ4v) is 2.85. The molecular weight excluding hydrogens is 210 g/mol. The smallest absolute Gasteiger partial charge is 0.0577 e. The highest BCUT2D eigenvalue weighted by Crippen LogP contribution is 2.25. The van der Waals surface area contributed by atoms with Gasteiger partial charge in [-0.1, -0.05) is 33.6 Å². The minimum absolute atomic E-state index is 0.554. The lowest BCUT2D eigenvalue weighted by Crippen LogP contribution is -2.28. The normalized spacial score (nSPS) is 27.0. The Balaban J connectivity index is 2.02. The number of ether oxygens (including phenoxy) is 1. The number of hydrogen-bond acceptors (Lipinski definition) is 2. The molecule has 0 aliphatic heterocycles. The highest BCUT2D eigenvalue weighted by Gasteiger charge is 2.18. The summed E-state index contributed by atoms with van der Waals surface area (Å²) in [6, 6.07) is 0.689. The molecule has 0 aromatic rings. The molecule has 3 atom stereocenters. The van der Waals surface area contributed by atoms with Crippen LogP contribution in [0.5, 0.6) is 0 Å².